The van der Waals surface area contributed by atoms with Gasteiger partial charge in [-0.1, -0.05) is 55.5 Å². The third kappa shape index (κ3) is 7.31. The maximum absolute atomic E-state index is 13.6. The Balaban J connectivity index is 1.86. The lowest BCUT2D eigenvalue weighted by Crippen LogP contribution is -2.49. The van der Waals surface area contributed by atoms with Crippen LogP contribution < -0.4 is 10.6 Å². The van der Waals surface area contributed by atoms with Crippen molar-refractivity contribution in [2.75, 3.05) is 6.54 Å². The fraction of sp³-hybridized carbons (Fsp3) is 0.464. The van der Waals surface area contributed by atoms with Gasteiger partial charge in [0.1, 0.15) is 18.2 Å². The van der Waals surface area contributed by atoms with Crippen molar-refractivity contribution in [1.29, 1.82) is 0 Å². The van der Waals surface area contributed by atoms with Crippen molar-refractivity contribution < 1.29 is 19.1 Å². The molecule has 7 heteroatoms. The molecule has 1 fully saturated rings. The van der Waals surface area contributed by atoms with Crippen LogP contribution in [0.1, 0.15) is 62.4 Å². The number of benzene rings is 2. The average molecular weight is 480 g/mol. The van der Waals surface area contributed by atoms with Crippen LogP contribution >= 0.6 is 0 Å². The average Bonchev–Trinajstić information content (AvgIpc) is 3.51. The summed E-state index contributed by atoms with van der Waals surface area (Å²) in [5.41, 5.74) is 3.22. The molecule has 0 radical (unpaired) electrons. The van der Waals surface area contributed by atoms with Crippen LogP contribution in [0, 0.1) is 19.8 Å². The Hall–Kier alpha value is -3.35. The quantitative estimate of drug-likeness (QED) is 0.587. The SMILES string of the molecule is Cc1ccc(C(C(=O)NCc2ccccc2)N(C(=O)CNC(=O)OC(C)(C)C)C2CC2C)cc1C. The summed E-state index contributed by atoms with van der Waals surface area (Å²) in [6.07, 6.45) is 0.150. The summed E-state index contributed by atoms with van der Waals surface area (Å²) in [5, 5.41) is 5.57. The van der Waals surface area contributed by atoms with E-state index in [1.807, 2.05) is 62.4 Å². The fourth-order valence-electron chi connectivity index (χ4n) is 4.02. The van der Waals surface area contributed by atoms with E-state index in [9.17, 15) is 14.4 Å². The third-order valence-corrected chi connectivity index (χ3v) is 6.18. The zero-order valence-electron chi connectivity index (χ0n) is 21.6. The standard InChI is InChI=1S/C28H37N3O4/c1-18-12-13-22(14-19(18)2)25(26(33)29-16-21-10-8-7-9-11-21)31(23-15-20(23)3)24(32)17-30-27(34)35-28(4,5)6/h7-14,20,23,25H,15-17H2,1-6H3,(H,29,33)(H,30,34). The van der Waals surface area contributed by atoms with Crippen molar-refractivity contribution in [1.82, 2.24) is 15.5 Å². The number of carbonyl (C=O) groups excluding carboxylic acids is 3. The molecule has 3 atom stereocenters. The van der Waals surface area contributed by atoms with Gasteiger partial charge in [-0.15, -0.1) is 0 Å². The number of aryl methyl sites for hydroxylation is 2. The van der Waals surface area contributed by atoms with Gasteiger partial charge in [0.05, 0.1) is 0 Å². The van der Waals surface area contributed by atoms with Crippen molar-refractivity contribution >= 4 is 17.9 Å². The molecule has 0 aromatic heterocycles. The van der Waals surface area contributed by atoms with E-state index in [1.165, 1.54) is 0 Å². The number of rotatable bonds is 8. The van der Waals surface area contributed by atoms with Crippen molar-refractivity contribution in [2.45, 2.75) is 72.2 Å². The number of ether oxygens (including phenoxy) is 1. The van der Waals surface area contributed by atoms with E-state index in [2.05, 4.69) is 17.6 Å². The van der Waals surface area contributed by atoms with Gasteiger partial charge in [-0.2, -0.15) is 0 Å². The minimum absolute atomic E-state index is 0.0722. The largest absolute Gasteiger partial charge is 0.444 e. The van der Waals surface area contributed by atoms with Crippen LogP contribution in [-0.2, 0) is 20.9 Å². The predicted octanol–water partition coefficient (Wildman–Crippen LogP) is 4.42. The lowest BCUT2D eigenvalue weighted by atomic mass is 9.98. The monoisotopic (exact) mass is 479 g/mol. The van der Waals surface area contributed by atoms with Gasteiger partial charge in [0, 0.05) is 12.6 Å². The Bertz CT molecular complexity index is 1060. The highest BCUT2D eigenvalue weighted by atomic mass is 16.6. The lowest BCUT2D eigenvalue weighted by Gasteiger charge is -2.32. The molecule has 2 aromatic carbocycles. The van der Waals surface area contributed by atoms with Crippen molar-refractivity contribution in [3.8, 4) is 0 Å². The van der Waals surface area contributed by atoms with Gasteiger partial charge in [0.2, 0.25) is 11.8 Å². The summed E-state index contributed by atoms with van der Waals surface area (Å²) in [6.45, 7) is 11.5. The molecule has 0 spiro atoms. The third-order valence-electron chi connectivity index (χ3n) is 6.18. The highest BCUT2D eigenvalue weighted by molar-refractivity contribution is 5.91. The van der Waals surface area contributed by atoms with Crippen molar-refractivity contribution in [3.63, 3.8) is 0 Å². The number of carbonyl (C=O) groups is 3. The molecule has 35 heavy (non-hydrogen) atoms. The molecule has 7 nitrogen and oxygen atoms in total. The number of hydrogen-bond acceptors (Lipinski definition) is 4. The molecular weight excluding hydrogens is 442 g/mol. The van der Waals surface area contributed by atoms with Crippen LogP contribution in [0.2, 0.25) is 0 Å². The molecule has 2 aromatic rings. The van der Waals surface area contributed by atoms with Crippen LogP contribution in [-0.4, -0.2) is 41.0 Å². The Morgan fingerprint density at radius 1 is 1.03 bits per heavy atom. The number of amides is 3. The van der Waals surface area contributed by atoms with E-state index in [4.69, 9.17) is 4.74 Å². The molecule has 1 saturated carbocycles. The van der Waals surface area contributed by atoms with Gasteiger partial charge in [-0.25, -0.2) is 4.79 Å². The van der Waals surface area contributed by atoms with E-state index in [0.717, 1.165) is 28.7 Å². The number of hydrogen-bond donors (Lipinski definition) is 2. The Kier molecular flexibility index (Phi) is 8.20. The van der Waals surface area contributed by atoms with E-state index in [-0.39, 0.29) is 30.3 Å². The second-order valence-corrected chi connectivity index (χ2v) is 10.4. The first-order valence-electron chi connectivity index (χ1n) is 12.1. The van der Waals surface area contributed by atoms with Crippen molar-refractivity contribution in [3.05, 3.63) is 70.8 Å². The smallest absolute Gasteiger partial charge is 0.408 e. The zero-order valence-corrected chi connectivity index (χ0v) is 21.6. The molecule has 3 rings (SSSR count). The zero-order chi connectivity index (χ0) is 25.8. The summed E-state index contributed by atoms with van der Waals surface area (Å²) in [4.78, 5) is 40.9. The first kappa shape index (κ1) is 26.3. The molecule has 2 N–H and O–H groups in total. The van der Waals surface area contributed by atoms with Crippen LogP contribution in [0.4, 0.5) is 4.79 Å². The van der Waals surface area contributed by atoms with Crippen LogP contribution in [0.25, 0.3) is 0 Å². The minimum Gasteiger partial charge on any atom is -0.444 e. The molecule has 3 unspecified atom stereocenters. The Morgan fingerprint density at radius 3 is 2.26 bits per heavy atom. The van der Waals surface area contributed by atoms with Gasteiger partial charge >= 0.3 is 6.09 Å². The van der Waals surface area contributed by atoms with E-state index in [0.29, 0.717) is 6.54 Å². The Morgan fingerprint density at radius 2 is 1.69 bits per heavy atom. The van der Waals surface area contributed by atoms with E-state index >= 15 is 0 Å². The van der Waals surface area contributed by atoms with E-state index in [1.54, 1.807) is 25.7 Å². The van der Waals surface area contributed by atoms with E-state index < -0.39 is 17.7 Å². The molecule has 1 aliphatic rings. The number of nitrogens with zero attached hydrogens (tertiary/aromatic N) is 1. The Labute approximate surface area is 208 Å². The van der Waals surface area contributed by atoms with Crippen LogP contribution in [0.15, 0.2) is 48.5 Å². The molecule has 0 aliphatic heterocycles. The normalized spacial score (nSPS) is 17.8. The summed E-state index contributed by atoms with van der Waals surface area (Å²) in [6, 6.07) is 14.6. The second kappa shape index (κ2) is 10.9. The first-order valence-corrected chi connectivity index (χ1v) is 12.1. The van der Waals surface area contributed by atoms with Crippen molar-refractivity contribution in [2.24, 2.45) is 5.92 Å². The molecule has 1 aliphatic carbocycles. The fourth-order valence-corrected chi connectivity index (χ4v) is 4.02. The highest BCUT2D eigenvalue weighted by Crippen LogP contribution is 2.40. The summed E-state index contributed by atoms with van der Waals surface area (Å²) in [5.74, 6) is -0.290. The first-order chi connectivity index (χ1) is 16.5. The molecule has 0 heterocycles. The number of nitrogens with one attached hydrogen (secondary N) is 2. The topological polar surface area (TPSA) is 87.7 Å². The molecule has 3 amide bonds. The summed E-state index contributed by atoms with van der Waals surface area (Å²) in [7, 11) is 0. The second-order valence-electron chi connectivity index (χ2n) is 10.4. The summed E-state index contributed by atoms with van der Waals surface area (Å²) < 4.78 is 5.27. The maximum atomic E-state index is 13.6. The molecule has 0 bridgehead atoms. The predicted molar refractivity (Wildman–Crippen MR) is 136 cm³/mol. The maximum Gasteiger partial charge on any atom is 0.408 e. The molecule has 0 saturated heterocycles. The van der Waals surface area contributed by atoms with Gasteiger partial charge in [-0.05, 0) is 69.2 Å². The van der Waals surface area contributed by atoms with Crippen LogP contribution in [0.5, 0.6) is 0 Å². The molecular formula is C28H37N3O4. The van der Waals surface area contributed by atoms with Gasteiger partial charge in [0.25, 0.3) is 0 Å². The highest BCUT2D eigenvalue weighted by Gasteiger charge is 2.46. The lowest BCUT2D eigenvalue weighted by molar-refractivity contribution is -0.141. The van der Waals surface area contributed by atoms with Gasteiger partial charge < -0.3 is 20.3 Å². The number of alkyl carbamates (subject to hydrolysis) is 1. The van der Waals surface area contributed by atoms with Gasteiger partial charge in [-0.3, -0.25) is 9.59 Å². The van der Waals surface area contributed by atoms with Gasteiger partial charge in [0.15, 0.2) is 0 Å². The van der Waals surface area contributed by atoms with Crippen LogP contribution in [0.3, 0.4) is 0 Å². The molecule has 188 valence electrons. The summed E-state index contributed by atoms with van der Waals surface area (Å²) >= 11 is 0. The minimum atomic E-state index is -0.805.